The largest absolute Gasteiger partial charge is 0.465 e. The zero-order valence-electron chi connectivity index (χ0n) is 17.5. The van der Waals surface area contributed by atoms with Crippen molar-refractivity contribution in [3.63, 3.8) is 0 Å². The molecule has 0 aliphatic carbocycles. The molecule has 2 aromatic rings. The molecule has 0 spiro atoms. The number of hydrogen-bond donors (Lipinski definition) is 1. The van der Waals surface area contributed by atoms with Gasteiger partial charge >= 0.3 is 5.97 Å². The van der Waals surface area contributed by atoms with Gasteiger partial charge in [0.15, 0.2) is 0 Å². The number of sulfonamides is 1. The van der Waals surface area contributed by atoms with Crippen LogP contribution in [0.25, 0.3) is 0 Å². The third-order valence-corrected chi connectivity index (χ3v) is 7.60. The second-order valence-corrected chi connectivity index (χ2v) is 9.73. The minimum absolute atomic E-state index is 0.0315. The number of benzene rings is 2. The summed E-state index contributed by atoms with van der Waals surface area (Å²) in [5.74, 6) is -1.08. The first-order chi connectivity index (χ1) is 14.8. The van der Waals surface area contributed by atoms with Gasteiger partial charge in [-0.05, 0) is 55.7 Å². The fraction of sp³-hybridized carbons (Fsp3) is 0.364. The highest BCUT2D eigenvalue weighted by Crippen LogP contribution is 2.27. The zero-order chi connectivity index (χ0) is 22.6. The molecule has 0 aromatic heterocycles. The van der Waals surface area contributed by atoms with E-state index in [9.17, 15) is 18.0 Å². The average molecular weight is 465 g/mol. The monoisotopic (exact) mass is 464 g/mol. The summed E-state index contributed by atoms with van der Waals surface area (Å²) >= 11 is 6.22. The number of halogens is 1. The van der Waals surface area contributed by atoms with Crippen LogP contribution in [0.5, 0.6) is 0 Å². The van der Waals surface area contributed by atoms with Crippen molar-refractivity contribution in [3.05, 3.63) is 58.1 Å². The molecule has 1 amide bonds. The van der Waals surface area contributed by atoms with Crippen LogP contribution in [0.15, 0.2) is 41.3 Å². The van der Waals surface area contributed by atoms with Crippen molar-refractivity contribution in [3.8, 4) is 0 Å². The summed E-state index contributed by atoms with van der Waals surface area (Å²) in [6.07, 6.45) is 3.64. The van der Waals surface area contributed by atoms with Gasteiger partial charge in [0.1, 0.15) is 0 Å². The average Bonchev–Trinajstić information content (AvgIpc) is 3.05. The van der Waals surface area contributed by atoms with Crippen molar-refractivity contribution in [1.29, 1.82) is 0 Å². The number of rotatable bonds is 5. The highest BCUT2D eigenvalue weighted by Gasteiger charge is 2.27. The van der Waals surface area contributed by atoms with Gasteiger partial charge in [-0.15, -0.1) is 0 Å². The first kappa shape index (κ1) is 23.2. The van der Waals surface area contributed by atoms with Crippen LogP contribution in [0.1, 0.15) is 52.0 Å². The smallest absolute Gasteiger partial charge is 0.338 e. The Hall–Kier alpha value is -2.42. The summed E-state index contributed by atoms with van der Waals surface area (Å²) in [7, 11) is -2.45. The highest BCUT2D eigenvalue weighted by atomic mass is 35.5. The Labute approximate surface area is 187 Å². The SMILES string of the molecule is COC(=O)c1cccc(NC(=O)c2cc(S(=O)(=O)N3CCCCCC3)ccc2Cl)c1C. The Morgan fingerprint density at radius 3 is 2.35 bits per heavy atom. The number of carbonyl (C=O) groups excluding carboxylic acids is 2. The van der Waals surface area contributed by atoms with Crippen LogP contribution >= 0.6 is 11.6 Å². The van der Waals surface area contributed by atoms with Crippen LogP contribution in [0.3, 0.4) is 0 Å². The summed E-state index contributed by atoms with van der Waals surface area (Å²) < 4.78 is 32.4. The van der Waals surface area contributed by atoms with E-state index in [1.807, 2.05) is 0 Å². The molecule has 3 rings (SSSR count). The molecule has 2 aromatic carbocycles. The lowest BCUT2D eigenvalue weighted by Crippen LogP contribution is -2.32. The molecule has 7 nitrogen and oxygen atoms in total. The number of methoxy groups -OCH3 is 1. The molecule has 1 fully saturated rings. The van der Waals surface area contributed by atoms with Gasteiger partial charge in [-0.1, -0.05) is 30.5 Å². The van der Waals surface area contributed by atoms with Crippen molar-refractivity contribution < 1.29 is 22.7 Å². The Kier molecular flexibility index (Phi) is 7.35. The van der Waals surface area contributed by atoms with Gasteiger partial charge in [0.05, 0.1) is 28.2 Å². The molecule has 1 heterocycles. The minimum atomic E-state index is -3.73. The Morgan fingerprint density at radius 1 is 1.03 bits per heavy atom. The van der Waals surface area contributed by atoms with Gasteiger partial charge in [-0.2, -0.15) is 4.31 Å². The van der Waals surface area contributed by atoms with Crippen molar-refractivity contribution in [2.24, 2.45) is 0 Å². The summed E-state index contributed by atoms with van der Waals surface area (Å²) in [5.41, 5.74) is 1.31. The summed E-state index contributed by atoms with van der Waals surface area (Å²) in [6.45, 7) is 2.61. The molecule has 1 saturated heterocycles. The van der Waals surface area contributed by atoms with Crippen molar-refractivity contribution in [2.75, 3.05) is 25.5 Å². The molecule has 1 aliphatic rings. The molecule has 1 aliphatic heterocycles. The predicted molar refractivity (Wildman–Crippen MR) is 119 cm³/mol. The van der Waals surface area contributed by atoms with E-state index in [2.05, 4.69) is 5.32 Å². The Morgan fingerprint density at radius 2 is 1.71 bits per heavy atom. The van der Waals surface area contributed by atoms with Crippen LogP contribution in [0.2, 0.25) is 5.02 Å². The third-order valence-electron chi connectivity index (χ3n) is 5.37. The molecule has 0 radical (unpaired) electrons. The van der Waals surface area contributed by atoms with Gasteiger partial charge in [0, 0.05) is 18.8 Å². The molecule has 9 heteroatoms. The Balaban J connectivity index is 1.90. The lowest BCUT2D eigenvalue weighted by atomic mass is 10.1. The minimum Gasteiger partial charge on any atom is -0.465 e. The maximum Gasteiger partial charge on any atom is 0.338 e. The molecular formula is C22H25ClN2O5S. The topological polar surface area (TPSA) is 92.8 Å². The van der Waals surface area contributed by atoms with E-state index in [4.69, 9.17) is 16.3 Å². The first-order valence-electron chi connectivity index (χ1n) is 10.0. The molecule has 31 heavy (non-hydrogen) atoms. The van der Waals surface area contributed by atoms with Gasteiger partial charge < -0.3 is 10.1 Å². The van der Waals surface area contributed by atoms with E-state index in [0.29, 0.717) is 29.9 Å². The molecule has 0 unspecified atom stereocenters. The second kappa shape index (κ2) is 9.80. The molecule has 0 saturated carbocycles. The number of esters is 1. The fourth-order valence-electron chi connectivity index (χ4n) is 3.56. The third kappa shape index (κ3) is 5.08. The highest BCUT2D eigenvalue weighted by molar-refractivity contribution is 7.89. The summed E-state index contributed by atoms with van der Waals surface area (Å²) in [4.78, 5) is 24.9. The van der Waals surface area contributed by atoms with E-state index in [-0.39, 0.29) is 15.5 Å². The maximum absolute atomic E-state index is 13.1. The molecule has 1 N–H and O–H groups in total. The lowest BCUT2D eigenvalue weighted by Gasteiger charge is -2.20. The fourth-order valence-corrected chi connectivity index (χ4v) is 5.31. The number of ether oxygens (including phenoxy) is 1. The maximum atomic E-state index is 13.1. The van der Waals surface area contributed by atoms with Crippen LogP contribution in [0, 0.1) is 6.92 Å². The summed E-state index contributed by atoms with van der Waals surface area (Å²) in [6, 6.07) is 9.00. The van der Waals surface area contributed by atoms with E-state index in [0.717, 1.165) is 25.7 Å². The zero-order valence-corrected chi connectivity index (χ0v) is 19.1. The van der Waals surface area contributed by atoms with Crippen molar-refractivity contribution >= 4 is 39.2 Å². The van der Waals surface area contributed by atoms with E-state index < -0.39 is 21.9 Å². The predicted octanol–water partition coefficient (Wildman–Crippen LogP) is 4.25. The van der Waals surface area contributed by atoms with Gasteiger partial charge in [0.25, 0.3) is 5.91 Å². The van der Waals surface area contributed by atoms with Crippen LogP contribution in [-0.4, -0.2) is 44.8 Å². The standard InChI is InChI=1S/C22H25ClN2O5S/c1-15-17(22(27)30-2)8-7-9-20(15)24-21(26)18-14-16(10-11-19(18)23)31(28,29)25-12-5-3-4-6-13-25/h7-11,14H,3-6,12-13H2,1-2H3,(H,24,26). The van der Waals surface area contributed by atoms with E-state index in [1.165, 1.54) is 29.6 Å². The first-order valence-corrected chi connectivity index (χ1v) is 11.9. The number of nitrogens with zero attached hydrogens (tertiary/aromatic N) is 1. The molecule has 166 valence electrons. The van der Waals surface area contributed by atoms with Gasteiger partial charge in [-0.3, -0.25) is 4.79 Å². The number of hydrogen-bond acceptors (Lipinski definition) is 5. The number of anilines is 1. The van der Waals surface area contributed by atoms with E-state index >= 15 is 0 Å². The lowest BCUT2D eigenvalue weighted by molar-refractivity contribution is 0.0599. The second-order valence-electron chi connectivity index (χ2n) is 7.38. The van der Waals surface area contributed by atoms with Crippen molar-refractivity contribution in [1.82, 2.24) is 4.31 Å². The normalized spacial score (nSPS) is 15.2. The molecular weight excluding hydrogens is 440 g/mol. The van der Waals surface area contributed by atoms with Crippen LogP contribution in [-0.2, 0) is 14.8 Å². The van der Waals surface area contributed by atoms with Crippen LogP contribution < -0.4 is 5.32 Å². The number of carbonyl (C=O) groups is 2. The van der Waals surface area contributed by atoms with Crippen molar-refractivity contribution in [2.45, 2.75) is 37.5 Å². The number of nitrogens with one attached hydrogen (secondary N) is 1. The number of amides is 1. The van der Waals surface area contributed by atoms with Gasteiger partial charge in [-0.25, -0.2) is 13.2 Å². The molecule has 0 atom stereocenters. The van der Waals surface area contributed by atoms with E-state index in [1.54, 1.807) is 25.1 Å². The summed E-state index contributed by atoms with van der Waals surface area (Å²) in [5, 5.41) is 2.85. The Bertz CT molecular complexity index is 1090. The quantitative estimate of drug-likeness (QED) is 0.667. The van der Waals surface area contributed by atoms with Gasteiger partial charge in [0.2, 0.25) is 10.0 Å². The van der Waals surface area contributed by atoms with Crippen LogP contribution in [0.4, 0.5) is 5.69 Å². The molecule has 0 bridgehead atoms.